The van der Waals surface area contributed by atoms with E-state index in [9.17, 15) is 9.59 Å². The molecule has 2 aliphatic heterocycles. The molecule has 1 aromatic heterocycles. The summed E-state index contributed by atoms with van der Waals surface area (Å²) in [5.41, 5.74) is 0. The molecule has 1 aromatic rings. The Morgan fingerprint density at radius 2 is 1.69 bits per heavy atom. The molecule has 2 saturated heterocycles. The highest BCUT2D eigenvalue weighted by molar-refractivity contribution is 5.89. The fourth-order valence-electron chi connectivity index (χ4n) is 4.96. The van der Waals surface area contributed by atoms with Crippen LogP contribution in [0.5, 0.6) is 0 Å². The molecule has 2 amide bonds. The van der Waals surface area contributed by atoms with Gasteiger partial charge in [-0.05, 0) is 38.5 Å². The van der Waals surface area contributed by atoms with E-state index in [0.29, 0.717) is 5.92 Å². The molecule has 0 unspecified atom stereocenters. The number of hydrogen-bond donors (Lipinski definition) is 1. The quantitative estimate of drug-likeness (QED) is 0.903. The van der Waals surface area contributed by atoms with Crippen LogP contribution in [0.15, 0.2) is 12.4 Å². The molecule has 0 radical (unpaired) electrons. The fourth-order valence-corrected chi connectivity index (χ4v) is 4.96. The number of aromatic amines is 1. The predicted octanol–water partition coefficient (Wildman–Crippen LogP) is 2.69. The van der Waals surface area contributed by atoms with Crippen molar-refractivity contribution in [3.8, 4) is 0 Å². The molecule has 3 aliphatic rings. The third-order valence-electron chi connectivity index (χ3n) is 6.49. The number of likely N-dealkylation sites (tertiary alicyclic amines) is 2. The maximum atomic E-state index is 13.1. The van der Waals surface area contributed by atoms with E-state index in [1.54, 1.807) is 6.20 Å². The molecule has 26 heavy (non-hydrogen) atoms. The zero-order chi connectivity index (χ0) is 17.9. The van der Waals surface area contributed by atoms with E-state index in [0.717, 1.165) is 76.8 Å². The number of piperidine rings is 1. The number of imidazole rings is 1. The third-order valence-corrected chi connectivity index (χ3v) is 6.49. The Bertz CT molecular complexity index is 616. The molecular weight excluding hydrogens is 328 g/mol. The molecule has 1 saturated carbocycles. The van der Waals surface area contributed by atoms with Crippen LogP contribution in [0.1, 0.15) is 69.5 Å². The van der Waals surface area contributed by atoms with Crippen molar-refractivity contribution >= 4 is 11.8 Å². The van der Waals surface area contributed by atoms with E-state index in [1.165, 1.54) is 6.42 Å². The number of H-pyrrole nitrogens is 1. The Kier molecular flexibility index (Phi) is 5.27. The second-order valence-electron chi connectivity index (χ2n) is 8.10. The summed E-state index contributed by atoms with van der Waals surface area (Å²) in [6.45, 7) is 2.30. The Balaban J connectivity index is 1.35. The minimum absolute atomic E-state index is 0.154. The summed E-state index contributed by atoms with van der Waals surface area (Å²) in [5, 5.41) is 0. The number of rotatable bonds is 3. The molecule has 0 spiro atoms. The predicted molar refractivity (Wildman–Crippen MR) is 98.5 cm³/mol. The summed E-state index contributed by atoms with van der Waals surface area (Å²) in [7, 11) is 0. The molecule has 0 aromatic carbocycles. The monoisotopic (exact) mass is 358 g/mol. The van der Waals surface area contributed by atoms with Gasteiger partial charge in [-0.15, -0.1) is 0 Å². The van der Waals surface area contributed by atoms with Crippen molar-refractivity contribution < 1.29 is 9.59 Å². The van der Waals surface area contributed by atoms with Gasteiger partial charge in [0.25, 0.3) is 0 Å². The molecule has 6 nitrogen and oxygen atoms in total. The van der Waals surface area contributed by atoms with Crippen molar-refractivity contribution in [2.45, 2.75) is 69.7 Å². The molecule has 1 atom stereocenters. The first kappa shape index (κ1) is 17.6. The van der Waals surface area contributed by atoms with Gasteiger partial charge in [-0.1, -0.05) is 19.3 Å². The molecule has 1 aliphatic carbocycles. The van der Waals surface area contributed by atoms with E-state index < -0.39 is 0 Å². The number of hydrogen-bond acceptors (Lipinski definition) is 3. The molecule has 1 N–H and O–H groups in total. The summed E-state index contributed by atoms with van der Waals surface area (Å²) in [5.74, 6) is 2.02. The highest BCUT2D eigenvalue weighted by atomic mass is 16.2. The zero-order valence-electron chi connectivity index (χ0n) is 15.5. The zero-order valence-corrected chi connectivity index (χ0v) is 15.5. The molecule has 3 heterocycles. The number of amides is 2. The van der Waals surface area contributed by atoms with Gasteiger partial charge in [0.1, 0.15) is 11.9 Å². The molecular formula is C20H30N4O2. The van der Waals surface area contributed by atoms with Gasteiger partial charge in [0.15, 0.2) is 0 Å². The maximum absolute atomic E-state index is 13.1. The van der Waals surface area contributed by atoms with E-state index in [1.807, 2.05) is 16.0 Å². The van der Waals surface area contributed by atoms with Gasteiger partial charge in [0, 0.05) is 43.9 Å². The first-order valence-electron chi connectivity index (χ1n) is 10.3. The van der Waals surface area contributed by atoms with Crippen molar-refractivity contribution in [2.24, 2.45) is 5.92 Å². The molecule has 6 heteroatoms. The lowest BCUT2D eigenvalue weighted by atomic mass is 9.88. The standard InChI is InChI=1S/C20H30N4O2/c25-19(16-5-2-1-3-6-16)24-12-4-7-17(24)20(26)23-13-8-15(9-14-23)18-21-10-11-22-18/h10-11,15-17H,1-9,12-14H2,(H,21,22)/t17-/m0/s1. The van der Waals surface area contributed by atoms with Crippen LogP contribution in [-0.4, -0.2) is 57.3 Å². The lowest BCUT2D eigenvalue weighted by Gasteiger charge is -2.36. The van der Waals surface area contributed by atoms with Gasteiger partial charge >= 0.3 is 0 Å². The van der Waals surface area contributed by atoms with Crippen LogP contribution < -0.4 is 0 Å². The Labute approximate surface area is 155 Å². The smallest absolute Gasteiger partial charge is 0.245 e. The molecule has 4 rings (SSSR count). The van der Waals surface area contributed by atoms with E-state index in [2.05, 4.69) is 9.97 Å². The van der Waals surface area contributed by atoms with E-state index in [4.69, 9.17) is 0 Å². The van der Waals surface area contributed by atoms with Crippen molar-refractivity contribution in [3.63, 3.8) is 0 Å². The van der Waals surface area contributed by atoms with Crippen molar-refractivity contribution in [1.82, 2.24) is 19.8 Å². The van der Waals surface area contributed by atoms with E-state index >= 15 is 0 Å². The van der Waals surface area contributed by atoms with Gasteiger partial charge in [-0.3, -0.25) is 9.59 Å². The number of carbonyl (C=O) groups excluding carboxylic acids is 2. The van der Waals surface area contributed by atoms with Crippen LogP contribution in [0, 0.1) is 5.92 Å². The van der Waals surface area contributed by atoms with Crippen LogP contribution in [-0.2, 0) is 9.59 Å². The second-order valence-corrected chi connectivity index (χ2v) is 8.10. The fraction of sp³-hybridized carbons (Fsp3) is 0.750. The molecule has 3 fully saturated rings. The van der Waals surface area contributed by atoms with Crippen molar-refractivity contribution in [3.05, 3.63) is 18.2 Å². The number of nitrogens with one attached hydrogen (secondary N) is 1. The highest BCUT2D eigenvalue weighted by Crippen LogP contribution is 2.31. The van der Waals surface area contributed by atoms with E-state index in [-0.39, 0.29) is 23.8 Å². The van der Waals surface area contributed by atoms with Crippen LogP contribution in [0.4, 0.5) is 0 Å². The lowest BCUT2D eigenvalue weighted by Crippen LogP contribution is -2.51. The van der Waals surface area contributed by atoms with Crippen LogP contribution in [0.2, 0.25) is 0 Å². The second kappa shape index (κ2) is 7.80. The highest BCUT2D eigenvalue weighted by Gasteiger charge is 2.39. The van der Waals surface area contributed by atoms with Gasteiger partial charge in [-0.2, -0.15) is 0 Å². The minimum Gasteiger partial charge on any atom is -0.348 e. The number of nitrogens with zero attached hydrogens (tertiary/aromatic N) is 3. The SMILES string of the molecule is O=C([C@@H]1CCCN1C(=O)C1CCCCC1)N1CCC(c2ncc[nH]2)CC1. The van der Waals surface area contributed by atoms with Crippen LogP contribution in [0.3, 0.4) is 0 Å². The van der Waals surface area contributed by atoms with Gasteiger partial charge in [0.2, 0.25) is 11.8 Å². The van der Waals surface area contributed by atoms with Crippen LogP contribution >= 0.6 is 0 Å². The first-order valence-corrected chi connectivity index (χ1v) is 10.3. The minimum atomic E-state index is -0.218. The average Bonchev–Trinajstić information content (AvgIpc) is 3.40. The third kappa shape index (κ3) is 3.51. The first-order chi connectivity index (χ1) is 12.7. The Morgan fingerprint density at radius 1 is 0.923 bits per heavy atom. The molecule has 142 valence electrons. The Morgan fingerprint density at radius 3 is 2.38 bits per heavy atom. The summed E-state index contributed by atoms with van der Waals surface area (Å²) < 4.78 is 0. The van der Waals surface area contributed by atoms with Crippen molar-refractivity contribution in [2.75, 3.05) is 19.6 Å². The molecule has 0 bridgehead atoms. The number of carbonyl (C=O) groups is 2. The largest absolute Gasteiger partial charge is 0.348 e. The van der Waals surface area contributed by atoms with Gasteiger partial charge < -0.3 is 14.8 Å². The maximum Gasteiger partial charge on any atom is 0.245 e. The number of aromatic nitrogens is 2. The summed E-state index contributed by atoms with van der Waals surface area (Å²) in [6, 6.07) is -0.218. The average molecular weight is 358 g/mol. The summed E-state index contributed by atoms with van der Waals surface area (Å²) >= 11 is 0. The van der Waals surface area contributed by atoms with Crippen molar-refractivity contribution in [1.29, 1.82) is 0 Å². The van der Waals surface area contributed by atoms with Crippen LogP contribution in [0.25, 0.3) is 0 Å². The summed E-state index contributed by atoms with van der Waals surface area (Å²) in [6.07, 6.45) is 12.9. The topological polar surface area (TPSA) is 69.3 Å². The van der Waals surface area contributed by atoms with Gasteiger partial charge in [0.05, 0.1) is 0 Å². The van der Waals surface area contributed by atoms with Gasteiger partial charge in [-0.25, -0.2) is 4.98 Å². The Hall–Kier alpha value is -1.85. The summed E-state index contributed by atoms with van der Waals surface area (Å²) in [4.78, 5) is 37.5. The normalized spacial score (nSPS) is 25.6. The lowest BCUT2D eigenvalue weighted by molar-refractivity contribution is -0.147.